The normalized spacial score (nSPS) is 12.8. The fourth-order valence-corrected chi connectivity index (χ4v) is 3.55. The van der Waals surface area contributed by atoms with Crippen molar-refractivity contribution in [1.29, 1.82) is 0 Å². The molecule has 0 aliphatic rings. The van der Waals surface area contributed by atoms with Crippen molar-refractivity contribution in [3.63, 3.8) is 0 Å². The van der Waals surface area contributed by atoms with Gasteiger partial charge in [-0.2, -0.15) is 10.2 Å². The van der Waals surface area contributed by atoms with Crippen molar-refractivity contribution in [3.8, 4) is 11.3 Å². The van der Waals surface area contributed by atoms with Crippen LogP contribution in [0.3, 0.4) is 0 Å². The SMILES string of the molecule is CCn1cc(-c2cc(C(=O)NC(Cn3cccn3)C(C)(C)C)c3ccccc3n2)cn1. The number of nitrogens with zero attached hydrogens (tertiary/aromatic N) is 5. The Morgan fingerprint density at radius 3 is 2.61 bits per heavy atom. The Morgan fingerprint density at radius 1 is 1.13 bits per heavy atom. The van der Waals surface area contributed by atoms with Gasteiger partial charge in [-0.3, -0.25) is 14.2 Å². The second-order valence-electron chi connectivity index (χ2n) is 8.78. The Bertz CT molecular complexity index is 1190. The number of fused-ring (bicyclic) bond motifs is 1. The predicted octanol–water partition coefficient (Wildman–Crippen LogP) is 4.16. The third-order valence-electron chi connectivity index (χ3n) is 5.49. The number of rotatable bonds is 6. The second-order valence-corrected chi connectivity index (χ2v) is 8.78. The molecule has 31 heavy (non-hydrogen) atoms. The standard InChI is InChI=1S/C24H28N6O/c1-5-29-15-17(14-26-29)21-13-19(18-9-6-7-10-20(18)27-21)23(31)28-22(24(2,3)4)16-30-12-8-11-25-30/h6-15,22H,5,16H2,1-4H3,(H,28,31). The number of nitrogens with one attached hydrogen (secondary N) is 1. The lowest BCUT2D eigenvalue weighted by molar-refractivity contribution is 0.0892. The molecule has 0 spiro atoms. The molecular weight excluding hydrogens is 388 g/mol. The molecule has 0 saturated carbocycles. The van der Waals surface area contributed by atoms with Gasteiger partial charge in [0.2, 0.25) is 0 Å². The summed E-state index contributed by atoms with van der Waals surface area (Å²) in [6.45, 7) is 9.78. The van der Waals surface area contributed by atoms with E-state index in [1.54, 1.807) is 12.4 Å². The maximum Gasteiger partial charge on any atom is 0.252 e. The summed E-state index contributed by atoms with van der Waals surface area (Å²) in [5.41, 5.74) is 2.89. The number of benzene rings is 1. The first kappa shape index (κ1) is 20.8. The van der Waals surface area contributed by atoms with Gasteiger partial charge in [-0.25, -0.2) is 4.98 Å². The Morgan fingerprint density at radius 2 is 1.94 bits per heavy atom. The highest BCUT2D eigenvalue weighted by Crippen LogP contribution is 2.26. The molecule has 3 heterocycles. The average molecular weight is 417 g/mol. The summed E-state index contributed by atoms with van der Waals surface area (Å²) >= 11 is 0. The van der Waals surface area contributed by atoms with E-state index >= 15 is 0 Å². The van der Waals surface area contributed by atoms with Gasteiger partial charge in [-0.05, 0) is 30.5 Å². The summed E-state index contributed by atoms with van der Waals surface area (Å²) in [4.78, 5) is 18.3. The Labute approximate surface area is 182 Å². The molecule has 1 N–H and O–H groups in total. The summed E-state index contributed by atoms with van der Waals surface area (Å²) in [7, 11) is 0. The zero-order valence-electron chi connectivity index (χ0n) is 18.4. The van der Waals surface area contributed by atoms with Crippen molar-refractivity contribution in [2.24, 2.45) is 5.41 Å². The first-order valence-corrected chi connectivity index (χ1v) is 10.6. The smallest absolute Gasteiger partial charge is 0.252 e. The number of carbonyl (C=O) groups is 1. The number of hydrogen-bond acceptors (Lipinski definition) is 4. The van der Waals surface area contributed by atoms with E-state index in [1.165, 1.54) is 0 Å². The van der Waals surface area contributed by atoms with Gasteiger partial charge in [0.15, 0.2) is 0 Å². The zero-order valence-corrected chi connectivity index (χ0v) is 18.4. The third kappa shape index (κ3) is 4.50. The summed E-state index contributed by atoms with van der Waals surface area (Å²) in [5.74, 6) is -0.116. The summed E-state index contributed by atoms with van der Waals surface area (Å²) < 4.78 is 3.71. The van der Waals surface area contributed by atoms with Crippen LogP contribution in [-0.2, 0) is 13.1 Å². The Hall–Kier alpha value is -3.48. The number of carbonyl (C=O) groups excluding carboxylic acids is 1. The van der Waals surface area contributed by atoms with Crippen LogP contribution in [0.25, 0.3) is 22.2 Å². The molecule has 0 aliphatic heterocycles. The van der Waals surface area contributed by atoms with E-state index in [1.807, 2.05) is 65.1 Å². The van der Waals surface area contributed by atoms with E-state index in [9.17, 15) is 4.79 Å². The molecule has 1 amide bonds. The fraction of sp³-hybridized carbons (Fsp3) is 0.333. The Balaban J connectivity index is 1.72. The molecule has 1 atom stereocenters. The van der Waals surface area contributed by atoms with Crippen LogP contribution < -0.4 is 5.32 Å². The lowest BCUT2D eigenvalue weighted by atomic mass is 9.86. The van der Waals surface area contributed by atoms with E-state index in [2.05, 4.69) is 36.3 Å². The maximum atomic E-state index is 13.5. The number of pyridine rings is 1. The first-order chi connectivity index (χ1) is 14.8. The number of aryl methyl sites for hydroxylation is 1. The van der Waals surface area contributed by atoms with Crippen LogP contribution in [0.2, 0.25) is 0 Å². The molecule has 160 valence electrons. The van der Waals surface area contributed by atoms with Crippen molar-refractivity contribution >= 4 is 16.8 Å². The predicted molar refractivity (Wildman–Crippen MR) is 122 cm³/mol. The maximum absolute atomic E-state index is 13.5. The summed E-state index contributed by atoms with van der Waals surface area (Å²) in [5, 5.41) is 12.7. The summed E-state index contributed by atoms with van der Waals surface area (Å²) in [6, 6.07) is 11.4. The molecular formula is C24H28N6O. The number of amides is 1. The molecule has 4 rings (SSSR count). The summed E-state index contributed by atoms with van der Waals surface area (Å²) in [6.07, 6.45) is 7.41. The quantitative estimate of drug-likeness (QED) is 0.512. The van der Waals surface area contributed by atoms with Gasteiger partial charge in [-0.1, -0.05) is 39.0 Å². The van der Waals surface area contributed by atoms with E-state index < -0.39 is 0 Å². The fourth-order valence-electron chi connectivity index (χ4n) is 3.55. The largest absolute Gasteiger partial charge is 0.347 e. The highest BCUT2D eigenvalue weighted by atomic mass is 16.1. The van der Waals surface area contributed by atoms with E-state index in [0.717, 1.165) is 28.7 Å². The molecule has 4 aromatic rings. The van der Waals surface area contributed by atoms with Crippen LogP contribution in [0.1, 0.15) is 38.1 Å². The van der Waals surface area contributed by atoms with Gasteiger partial charge in [0.05, 0.1) is 35.6 Å². The Kier molecular flexibility index (Phi) is 5.59. The average Bonchev–Trinajstić information content (AvgIpc) is 3.43. The van der Waals surface area contributed by atoms with Gasteiger partial charge in [-0.15, -0.1) is 0 Å². The molecule has 3 aromatic heterocycles. The lowest BCUT2D eigenvalue weighted by Gasteiger charge is -2.31. The van der Waals surface area contributed by atoms with Gasteiger partial charge in [0, 0.05) is 36.1 Å². The van der Waals surface area contributed by atoms with Crippen molar-refractivity contribution in [3.05, 3.63) is 66.7 Å². The van der Waals surface area contributed by atoms with Crippen LogP contribution in [0, 0.1) is 5.41 Å². The molecule has 0 radical (unpaired) electrons. The van der Waals surface area contributed by atoms with Gasteiger partial charge < -0.3 is 5.32 Å². The van der Waals surface area contributed by atoms with E-state index in [0.29, 0.717) is 12.1 Å². The van der Waals surface area contributed by atoms with Gasteiger partial charge in [0.1, 0.15) is 0 Å². The molecule has 0 saturated heterocycles. The van der Waals surface area contributed by atoms with Gasteiger partial charge in [0.25, 0.3) is 5.91 Å². The first-order valence-electron chi connectivity index (χ1n) is 10.6. The second kappa shape index (κ2) is 8.34. The molecule has 7 nitrogen and oxygen atoms in total. The minimum atomic E-state index is -0.143. The number of hydrogen-bond donors (Lipinski definition) is 1. The van der Waals surface area contributed by atoms with E-state index in [-0.39, 0.29) is 17.4 Å². The minimum absolute atomic E-state index is 0.0990. The topological polar surface area (TPSA) is 77.6 Å². The monoisotopic (exact) mass is 416 g/mol. The van der Waals surface area contributed by atoms with Crippen LogP contribution >= 0.6 is 0 Å². The molecule has 1 unspecified atom stereocenters. The van der Waals surface area contributed by atoms with Crippen molar-refractivity contribution in [1.82, 2.24) is 29.9 Å². The van der Waals surface area contributed by atoms with Crippen LogP contribution in [-0.4, -0.2) is 36.5 Å². The molecule has 7 heteroatoms. The highest BCUT2D eigenvalue weighted by molar-refractivity contribution is 6.07. The highest BCUT2D eigenvalue weighted by Gasteiger charge is 2.28. The van der Waals surface area contributed by atoms with Crippen molar-refractivity contribution < 1.29 is 4.79 Å². The molecule has 0 aliphatic carbocycles. The zero-order chi connectivity index (χ0) is 22.0. The van der Waals surface area contributed by atoms with E-state index in [4.69, 9.17) is 4.98 Å². The van der Waals surface area contributed by atoms with Crippen LogP contribution in [0.5, 0.6) is 0 Å². The molecule has 0 fully saturated rings. The van der Waals surface area contributed by atoms with Gasteiger partial charge >= 0.3 is 0 Å². The van der Waals surface area contributed by atoms with Crippen molar-refractivity contribution in [2.75, 3.05) is 0 Å². The molecule has 1 aromatic carbocycles. The minimum Gasteiger partial charge on any atom is -0.347 e. The number of para-hydroxylation sites is 1. The van der Waals surface area contributed by atoms with Crippen molar-refractivity contribution in [2.45, 2.75) is 46.8 Å². The van der Waals surface area contributed by atoms with Crippen LogP contribution in [0.4, 0.5) is 0 Å². The third-order valence-corrected chi connectivity index (χ3v) is 5.49. The van der Waals surface area contributed by atoms with Crippen LogP contribution in [0.15, 0.2) is 61.2 Å². The lowest BCUT2D eigenvalue weighted by Crippen LogP contribution is -2.46. The number of aromatic nitrogens is 5. The molecule has 0 bridgehead atoms.